The molecule has 6 rings (SSSR count). The second kappa shape index (κ2) is 22.2. The second-order valence-corrected chi connectivity index (χ2v) is 13.6. The van der Waals surface area contributed by atoms with Crippen LogP contribution in [0.4, 0.5) is 20.5 Å². The van der Waals surface area contributed by atoms with Crippen molar-refractivity contribution in [2.24, 2.45) is 0 Å². The number of hydrogen-bond donors (Lipinski definition) is 2. The number of carboxylic acid groups (broad SMARTS) is 1. The van der Waals surface area contributed by atoms with E-state index >= 15 is 0 Å². The van der Waals surface area contributed by atoms with E-state index in [1.807, 2.05) is 57.1 Å². The van der Waals surface area contributed by atoms with Gasteiger partial charge in [-0.15, -0.1) is 12.4 Å². The van der Waals surface area contributed by atoms with Crippen LogP contribution >= 0.6 is 35.6 Å². The number of ether oxygens (including phenoxy) is 3. The van der Waals surface area contributed by atoms with Crippen LogP contribution in [0.15, 0.2) is 60.9 Å². The molecule has 0 aliphatic carbocycles. The molecule has 0 spiro atoms. The van der Waals surface area contributed by atoms with Crippen LogP contribution in [0.1, 0.15) is 56.6 Å². The highest BCUT2D eigenvalue weighted by Gasteiger charge is 2.28. The molecule has 56 heavy (non-hydrogen) atoms. The predicted molar refractivity (Wildman–Crippen MR) is 213 cm³/mol. The molecular formula is C38H46Cl3F2N7O6. The molecule has 0 amide bonds. The van der Waals surface area contributed by atoms with Gasteiger partial charge in [-0.05, 0) is 80.7 Å². The highest BCUT2D eigenvalue weighted by atomic mass is 35.5. The average Bonchev–Trinajstić information content (AvgIpc) is 3.86. The van der Waals surface area contributed by atoms with Crippen LogP contribution in [0, 0.1) is 11.6 Å². The molecule has 4 atom stereocenters. The summed E-state index contributed by atoms with van der Waals surface area (Å²) in [6, 6.07) is 14.8. The van der Waals surface area contributed by atoms with Crippen LogP contribution < -0.4 is 24.6 Å². The van der Waals surface area contributed by atoms with Gasteiger partial charge in [0.1, 0.15) is 23.7 Å². The summed E-state index contributed by atoms with van der Waals surface area (Å²) in [5, 5.41) is 12.0. The normalized spacial score (nSPS) is 16.8. The Labute approximate surface area is 341 Å². The number of anilines is 2. The number of aromatic nitrogens is 4. The molecule has 4 heterocycles. The Morgan fingerprint density at radius 3 is 2.02 bits per heavy atom. The minimum absolute atomic E-state index is 0. The van der Waals surface area contributed by atoms with Crippen molar-refractivity contribution < 1.29 is 37.7 Å². The van der Waals surface area contributed by atoms with Crippen LogP contribution in [0.5, 0.6) is 11.5 Å². The standard InChI is InChI=1S/C19H23FN4O3.C15H21NO3.C4HCl2FN2.ClH/c1-12(18(25)26)13-4-6-14(7-5-13)27-15-8-9-24(11-15)17-16(20)10-21-19(22-17)23(2)3;1-3-18-15(17)11(2)12-4-6-13(7-5-12)19-14-8-9-16-10-14;5-3-2(7)1-8-4(6)9-3;/h4-7,10,12,15H,8-9,11H2,1-3H3,(H,25,26);4-7,11,14,16H,3,8-10H2,1-2H3;1H;1H/t12?,15-;11?,14-;;/m11../s1. The van der Waals surface area contributed by atoms with E-state index in [1.165, 1.54) is 6.20 Å². The summed E-state index contributed by atoms with van der Waals surface area (Å²) in [6.45, 7) is 8.81. The summed E-state index contributed by atoms with van der Waals surface area (Å²) in [5.41, 5.74) is 1.68. The van der Waals surface area contributed by atoms with Gasteiger partial charge in [0.15, 0.2) is 22.6 Å². The van der Waals surface area contributed by atoms with Crippen molar-refractivity contribution in [2.45, 2.75) is 57.7 Å². The first-order valence-electron chi connectivity index (χ1n) is 17.7. The lowest BCUT2D eigenvalue weighted by atomic mass is 10.0. The first-order chi connectivity index (χ1) is 26.2. The molecule has 2 unspecified atom stereocenters. The van der Waals surface area contributed by atoms with Gasteiger partial charge >= 0.3 is 11.9 Å². The molecule has 2 aliphatic heterocycles. The molecule has 2 N–H and O–H groups in total. The predicted octanol–water partition coefficient (Wildman–Crippen LogP) is 6.97. The summed E-state index contributed by atoms with van der Waals surface area (Å²) in [4.78, 5) is 41.2. The third kappa shape index (κ3) is 13.6. The minimum Gasteiger partial charge on any atom is -0.489 e. The van der Waals surface area contributed by atoms with E-state index in [4.69, 9.17) is 42.5 Å². The van der Waals surface area contributed by atoms with Crippen molar-refractivity contribution in [3.8, 4) is 11.5 Å². The molecule has 0 radical (unpaired) electrons. The Hall–Kier alpha value is -4.57. The molecule has 4 aromatic rings. The van der Waals surface area contributed by atoms with Gasteiger partial charge in [-0.25, -0.2) is 23.7 Å². The largest absolute Gasteiger partial charge is 0.489 e. The highest BCUT2D eigenvalue weighted by Crippen LogP contribution is 2.27. The molecule has 0 bridgehead atoms. The molecular weight excluding hydrogens is 795 g/mol. The maximum Gasteiger partial charge on any atom is 0.313 e. The number of aliphatic carboxylic acids is 1. The fourth-order valence-electron chi connectivity index (χ4n) is 5.46. The molecule has 2 aromatic carbocycles. The van der Waals surface area contributed by atoms with Crippen LogP contribution in [0.3, 0.4) is 0 Å². The summed E-state index contributed by atoms with van der Waals surface area (Å²) in [6.07, 6.45) is 4.05. The Morgan fingerprint density at radius 1 is 0.911 bits per heavy atom. The van der Waals surface area contributed by atoms with Crippen molar-refractivity contribution in [2.75, 3.05) is 56.7 Å². The van der Waals surface area contributed by atoms with Gasteiger partial charge in [0.25, 0.3) is 0 Å². The number of hydrogen-bond acceptors (Lipinski definition) is 12. The van der Waals surface area contributed by atoms with E-state index in [0.29, 0.717) is 31.4 Å². The number of carbonyl (C=O) groups excluding carboxylic acids is 1. The Balaban J connectivity index is 0.000000251. The van der Waals surface area contributed by atoms with Crippen molar-refractivity contribution in [1.29, 1.82) is 0 Å². The van der Waals surface area contributed by atoms with Gasteiger partial charge in [-0.2, -0.15) is 4.98 Å². The van der Waals surface area contributed by atoms with E-state index in [0.717, 1.165) is 49.0 Å². The maximum atomic E-state index is 14.2. The molecule has 304 valence electrons. The minimum atomic E-state index is -0.862. The Morgan fingerprint density at radius 2 is 1.50 bits per heavy atom. The van der Waals surface area contributed by atoms with Gasteiger partial charge < -0.3 is 34.4 Å². The third-order valence-electron chi connectivity index (χ3n) is 8.62. The molecule has 2 saturated heterocycles. The SMILES string of the molecule is CC(C(=O)O)c1ccc(O[C@@H]2CCN(c3nc(N(C)C)ncc3F)C2)cc1.CCOC(=O)C(C)c1ccc(O[C@@H]2CCNC2)cc1.Cl.Fc1cnc(Cl)nc1Cl. The first-order valence-corrected chi connectivity index (χ1v) is 18.4. The quantitative estimate of drug-likeness (QED) is 0.0910. The van der Waals surface area contributed by atoms with Gasteiger partial charge in [0.05, 0.1) is 37.4 Å². The second-order valence-electron chi connectivity index (χ2n) is 12.9. The fourth-order valence-corrected chi connectivity index (χ4v) is 5.76. The number of carbonyl (C=O) groups is 2. The van der Waals surface area contributed by atoms with Crippen molar-refractivity contribution >= 4 is 59.3 Å². The smallest absolute Gasteiger partial charge is 0.313 e. The Kier molecular flexibility index (Phi) is 18.2. The summed E-state index contributed by atoms with van der Waals surface area (Å²) >= 11 is 10.4. The molecule has 2 fully saturated rings. The monoisotopic (exact) mass is 839 g/mol. The topological polar surface area (TPSA) is 152 Å². The highest BCUT2D eigenvalue weighted by molar-refractivity contribution is 6.31. The number of benzene rings is 2. The molecule has 13 nitrogen and oxygen atoms in total. The molecule has 2 aromatic heterocycles. The molecule has 18 heteroatoms. The van der Waals surface area contributed by atoms with Crippen molar-refractivity contribution in [1.82, 2.24) is 25.3 Å². The van der Waals surface area contributed by atoms with Gasteiger partial charge in [-0.3, -0.25) is 9.59 Å². The zero-order valence-corrected chi connectivity index (χ0v) is 34.0. The number of rotatable bonds is 11. The maximum absolute atomic E-state index is 14.2. The number of halogens is 5. The van der Waals surface area contributed by atoms with Crippen LogP contribution in [0.2, 0.25) is 10.4 Å². The summed E-state index contributed by atoms with van der Waals surface area (Å²) in [5.74, 6) is -0.697. The Bertz CT molecular complexity index is 1860. The average molecular weight is 841 g/mol. The van der Waals surface area contributed by atoms with E-state index in [1.54, 1.807) is 36.1 Å². The van der Waals surface area contributed by atoms with Crippen molar-refractivity contribution in [3.63, 3.8) is 0 Å². The molecule has 0 saturated carbocycles. The van der Waals surface area contributed by atoms with E-state index < -0.39 is 23.5 Å². The number of carboxylic acids is 1. The van der Waals surface area contributed by atoms with Gasteiger partial charge in [-0.1, -0.05) is 35.9 Å². The van der Waals surface area contributed by atoms with E-state index in [2.05, 4.69) is 25.3 Å². The summed E-state index contributed by atoms with van der Waals surface area (Å²) in [7, 11) is 3.61. The van der Waals surface area contributed by atoms with Crippen LogP contribution in [0.25, 0.3) is 0 Å². The van der Waals surface area contributed by atoms with Gasteiger partial charge in [0.2, 0.25) is 11.2 Å². The number of nitrogens with zero attached hydrogens (tertiary/aromatic N) is 6. The van der Waals surface area contributed by atoms with E-state index in [-0.39, 0.29) is 52.8 Å². The summed E-state index contributed by atoms with van der Waals surface area (Å²) < 4.78 is 43.2. The fraction of sp³-hybridized carbons (Fsp3) is 0.421. The first kappa shape index (κ1) is 45.8. The van der Waals surface area contributed by atoms with Crippen LogP contribution in [-0.4, -0.2) is 96.1 Å². The molecule has 2 aliphatic rings. The zero-order valence-electron chi connectivity index (χ0n) is 31.6. The lowest BCUT2D eigenvalue weighted by Crippen LogP contribution is -2.27. The van der Waals surface area contributed by atoms with Crippen molar-refractivity contribution in [3.05, 3.63) is 94.1 Å². The van der Waals surface area contributed by atoms with Crippen LogP contribution in [-0.2, 0) is 14.3 Å². The zero-order chi connectivity index (χ0) is 40.1. The third-order valence-corrected chi connectivity index (χ3v) is 9.07. The lowest BCUT2D eigenvalue weighted by Gasteiger charge is -2.20. The number of esters is 1. The van der Waals surface area contributed by atoms with E-state index in [9.17, 15) is 18.4 Å². The number of nitrogens with one attached hydrogen (secondary N) is 1. The lowest BCUT2D eigenvalue weighted by molar-refractivity contribution is -0.144. The van der Waals surface area contributed by atoms with Gasteiger partial charge in [0, 0.05) is 33.6 Å².